The molecule has 2 heterocycles. The molecule has 0 bridgehead atoms. The van der Waals surface area contributed by atoms with Crippen LogP contribution in [0.5, 0.6) is 5.75 Å². The summed E-state index contributed by atoms with van der Waals surface area (Å²) in [6, 6.07) is 4.86. The summed E-state index contributed by atoms with van der Waals surface area (Å²) < 4.78 is 30.6. The quantitative estimate of drug-likeness (QED) is 0.797. The van der Waals surface area contributed by atoms with Crippen LogP contribution in [0, 0.1) is 0 Å². The zero-order chi connectivity index (χ0) is 14.9. The molecule has 0 fully saturated rings. The molecular formula is C13H11N3O3S2. The third kappa shape index (κ3) is 2.55. The summed E-state index contributed by atoms with van der Waals surface area (Å²) in [5.41, 5.74) is 2.99. The fourth-order valence-corrected chi connectivity index (χ4v) is 4.13. The van der Waals surface area contributed by atoms with Crippen LogP contribution in [0.25, 0.3) is 11.1 Å². The molecule has 0 aliphatic carbocycles. The van der Waals surface area contributed by atoms with Crippen LogP contribution >= 0.6 is 11.3 Å². The lowest BCUT2D eigenvalue weighted by molar-refractivity contribution is 0.413. The van der Waals surface area contributed by atoms with Crippen molar-refractivity contribution < 1.29 is 13.2 Å². The van der Waals surface area contributed by atoms with E-state index in [1.165, 1.54) is 24.9 Å². The van der Waals surface area contributed by atoms with Gasteiger partial charge < -0.3 is 4.74 Å². The maximum atomic E-state index is 12.6. The smallest absolute Gasteiger partial charge is 0.217 e. The van der Waals surface area contributed by atoms with Gasteiger partial charge >= 0.3 is 0 Å². The summed E-state index contributed by atoms with van der Waals surface area (Å²) in [6.07, 6.45) is 4.66. The van der Waals surface area contributed by atoms with Gasteiger partial charge in [0, 0.05) is 11.8 Å². The summed E-state index contributed by atoms with van der Waals surface area (Å²) in [5.74, 6) is 0.469. The molecule has 2 aromatic heterocycles. The highest BCUT2D eigenvalue weighted by Crippen LogP contribution is 2.31. The molecule has 6 nitrogen and oxygen atoms in total. The first-order chi connectivity index (χ1) is 10.1. The highest BCUT2D eigenvalue weighted by Gasteiger charge is 2.21. The minimum Gasteiger partial charge on any atom is -0.497 e. The molecule has 0 radical (unpaired) electrons. The molecule has 0 saturated heterocycles. The van der Waals surface area contributed by atoms with Gasteiger partial charge in [0.25, 0.3) is 0 Å². The number of benzene rings is 1. The Morgan fingerprint density at radius 1 is 1.19 bits per heavy atom. The lowest BCUT2D eigenvalue weighted by Gasteiger charge is -2.08. The van der Waals surface area contributed by atoms with Gasteiger partial charge in [-0.25, -0.2) is 8.42 Å². The van der Waals surface area contributed by atoms with E-state index in [-0.39, 0.29) is 9.10 Å². The first-order valence-electron chi connectivity index (χ1n) is 5.93. The molecule has 1 aromatic carbocycles. The average molecular weight is 321 g/mol. The minimum absolute atomic E-state index is 0.169. The highest BCUT2D eigenvalue weighted by atomic mass is 32.2. The number of methoxy groups -OCH3 is 1. The van der Waals surface area contributed by atoms with Gasteiger partial charge in [0.15, 0.2) is 0 Å². The van der Waals surface area contributed by atoms with Gasteiger partial charge in [-0.3, -0.25) is 10.1 Å². The number of hydrogen-bond donors (Lipinski definition) is 1. The minimum atomic E-state index is -3.60. The number of hydrogen-bond acceptors (Lipinski definition) is 6. The van der Waals surface area contributed by atoms with Crippen LogP contribution in [-0.4, -0.2) is 30.7 Å². The molecule has 0 aliphatic rings. The van der Waals surface area contributed by atoms with E-state index in [0.717, 1.165) is 16.9 Å². The van der Waals surface area contributed by atoms with E-state index in [1.807, 2.05) is 0 Å². The molecule has 0 saturated carbocycles. The van der Waals surface area contributed by atoms with Gasteiger partial charge in [0.1, 0.15) is 9.96 Å². The van der Waals surface area contributed by atoms with Gasteiger partial charge in [-0.2, -0.15) is 5.10 Å². The number of thiazole rings is 1. The van der Waals surface area contributed by atoms with E-state index in [1.54, 1.807) is 24.5 Å². The monoisotopic (exact) mass is 321 g/mol. The number of rotatable bonds is 4. The Balaban J connectivity index is 2.17. The van der Waals surface area contributed by atoms with Crippen molar-refractivity contribution in [1.29, 1.82) is 0 Å². The van der Waals surface area contributed by atoms with Crippen LogP contribution in [0.3, 0.4) is 0 Å². The first-order valence-corrected chi connectivity index (χ1v) is 8.29. The lowest BCUT2D eigenvalue weighted by atomic mass is 10.1. The van der Waals surface area contributed by atoms with Crippen LogP contribution < -0.4 is 4.74 Å². The van der Waals surface area contributed by atoms with Crippen molar-refractivity contribution in [2.45, 2.75) is 9.10 Å². The van der Waals surface area contributed by atoms with Crippen molar-refractivity contribution in [3.63, 3.8) is 0 Å². The van der Waals surface area contributed by atoms with Crippen molar-refractivity contribution in [2.24, 2.45) is 0 Å². The van der Waals surface area contributed by atoms with E-state index >= 15 is 0 Å². The predicted octanol–water partition coefficient (Wildman–Crippen LogP) is 2.37. The fraction of sp³-hybridized carbons (Fsp3) is 0.0769. The van der Waals surface area contributed by atoms with E-state index in [2.05, 4.69) is 15.2 Å². The Kier molecular flexibility index (Phi) is 3.48. The molecule has 108 valence electrons. The second-order valence-electron chi connectivity index (χ2n) is 4.21. The summed E-state index contributed by atoms with van der Waals surface area (Å²) in [6.45, 7) is 0. The van der Waals surface area contributed by atoms with Crippen LogP contribution in [0.2, 0.25) is 0 Å². The molecule has 1 N–H and O–H groups in total. The molecular weight excluding hydrogens is 310 g/mol. The van der Waals surface area contributed by atoms with Crippen molar-refractivity contribution >= 4 is 21.2 Å². The second-order valence-corrected chi connectivity index (χ2v) is 7.27. The van der Waals surface area contributed by atoms with Crippen molar-refractivity contribution in [3.05, 3.63) is 42.3 Å². The number of nitrogens with zero attached hydrogens (tertiary/aromatic N) is 2. The predicted molar refractivity (Wildman–Crippen MR) is 78.1 cm³/mol. The van der Waals surface area contributed by atoms with E-state index < -0.39 is 9.84 Å². The Hall–Kier alpha value is -2.19. The number of ether oxygens (including phenoxy) is 1. The third-order valence-corrected chi connectivity index (χ3v) is 5.94. The number of H-pyrrole nitrogens is 1. The van der Waals surface area contributed by atoms with Crippen LogP contribution in [0.15, 0.2) is 51.4 Å². The first kappa shape index (κ1) is 13.8. The summed E-state index contributed by atoms with van der Waals surface area (Å²) >= 11 is 1.08. The van der Waals surface area contributed by atoms with Gasteiger partial charge in [-0.1, -0.05) is 0 Å². The maximum Gasteiger partial charge on any atom is 0.217 e. The fourth-order valence-electron chi connectivity index (χ4n) is 1.87. The molecule has 3 rings (SSSR count). The number of sulfone groups is 1. The highest BCUT2D eigenvalue weighted by molar-refractivity contribution is 7.93. The van der Waals surface area contributed by atoms with Gasteiger partial charge in [-0.05, 0) is 23.8 Å². The Labute approximate surface area is 125 Å². The van der Waals surface area contributed by atoms with E-state index in [9.17, 15) is 8.42 Å². The van der Waals surface area contributed by atoms with Gasteiger partial charge in [0.2, 0.25) is 9.84 Å². The molecule has 0 unspecified atom stereocenters. The standard InChI is InChI=1S/C13H11N3O3S2/c1-19-11-2-9(10-5-15-16-6-10)3-12(4-11)21(17,18)13-7-14-8-20-13/h2-8H,1H3,(H,15,16). The normalized spacial score (nSPS) is 11.5. The lowest BCUT2D eigenvalue weighted by Crippen LogP contribution is -2.01. The SMILES string of the molecule is COc1cc(-c2cn[nH]c2)cc(S(=O)(=O)c2cncs2)c1. The van der Waals surface area contributed by atoms with Crippen molar-refractivity contribution in [2.75, 3.05) is 7.11 Å². The number of aromatic amines is 1. The number of aromatic nitrogens is 3. The molecule has 21 heavy (non-hydrogen) atoms. The maximum absolute atomic E-state index is 12.6. The summed E-state index contributed by atoms with van der Waals surface area (Å²) in [7, 11) is -2.10. The van der Waals surface area contributed by atoms with Gasteiger partial charge in [-0.15, -0.1) is 11.3 Å². The third-order valence-electron chi connectivity index (χ3n) is 2.93. The van der Waals surface area contributed by atoms with E-state index in [0.29, 0.717) is 11.3 Å². The summed E-state index contributed by atoms with van der Waals surface area (Å²) in [5, 5.41) is 6.58. The Morgan fingerprint density at radius 2 is 2.05 bits per heavy atom. The zero-order valence-electron chi connectivity index (χ0n) is 11.0. The zero-order valence-corrected chi connectivity index (χ0v) is 12.6. The molecule has 0 spiro atoms. The average Bonchev–Trinajstić information content (AvgIpc) is 3.19. The van der Waals surface area contributed by atoms with Crippen molar-refractivity contribution in [3.8, 4) is 16.9 Å². The largest absolute Gasteiger partial charge is 0.497 e. The van der Waals surface area contributed by atoms with Crippen LogP contribution in [-0.2, 0) is 9.84 Å². The van der Waals surface area contributed by atoms with Crippen molar-refractivity contribution in [1.82, 2.24) is 15.2 Å². The number of nitrogens with one attached hydrogen (secondary N) is 1. The topological polar surface area (TPSA) is 84.9 Å². The molecule has 0 atom stereocenters. The molecule has 3 aromatic rings. The molecule has 0 aliphatic heterocycles. The Bertz CT molecular complexity index is 841. The molecule has 8 heteroatoms. The molecule has 0 amide bonds. The summed E-state index contributed by atoms with van der Waals surface area (Å²) in [4.78, 5) is 3.99. The second kappa shape index (κ2) is 5.30. The van der Waals surface area contributed by atoms with E-state index in [4.69, 9.17) is 4.74 Å². The van der Waals surface area contributed by atoms with Crippen LogP contribution in [0.4, 0.5) is 0 Å². The Morgan fingerprint density at radius 3 is 2.67 bits per heavy atom. The van der Waals surface area contributed by atoms with Crippen LogP contribution in [0.1, 0.15) is 0 Å². The van der Waals surface area contributed by atoms with Gasteiger partial charge in [0.05, 0.1) is 29.9 Å².